The lowest BCUT2D eigenvalue weighted by molar-refractivity contribution is -0.152. The Hall–Kier alpha value is -2.11. The zero-order chi connectivity index (χ0) is 15.5. The number of nitrogens with one attached hydrogen (secondary N) is 1. The molecule has 0 aliphatic heterocycles. The third-order valence-corrected chi connectivity index (χ3v) is 4.79. The van der Waals surface area contributed by atoms with Crippen molar-refractivity contribution >= 4 is 11.9 Å². The smallest absolute Gasteiger partial charge is 0.307 e. The number of carboxylic acids is 1. The summed E-state index contributed by atoms with van der Waals surface area (Å²) in [6.07, 6.45) is 12.0. The van der Waals surface area contributed by atoms with Gasteiger partial charge in [0.2, 0.25) is 5.91 Å². The van der Waals surface area contributed by atoms with Gasteiger partial charge in [0.05, 0.1) is 18.2 Å². The lowest BCUT2D eigenvalue weighted by atomic mass is 9.62. The highest BCUT2D eigenvalue weighted by Gasteiger charge is 2.47. The molecule has 1 saturated carbocycles. The van der Waals surface area contributed by atoms with Crippen molar-refractivity contribution in [3.05, 3.63) is 30.9 Å². The molecule has 118 valence electrons. The van der Waals surface area contributed by atoms with Gasteiger partial charge in [-0.3, -0.25) is 9.59 Å². The molecule has 1 fully saturated rings. The van der Waals surface area contributed by atoms with Crippen molar-refractivity contribution in [1.82, 2.24) is 14.9 Å². The van der Waals surface area contributed by atoms with E-state index in [9.17, 15) is 14.7 Å². The van der Waals surface area contributed by atoms with Gasteiger partial charge in [0.15, 0.2) is 0 Å². The van der Waals surface area contributed by atoms with Crippen LogP contribution in [0.5, 0.6) is 0 Å². The first-order valence-electron chi connectivity index (χ1n) is 7.81. The maximum absolute atomic E-state index is 12.4. The highest BCUT2D eigenvalue weighted by Crippen LogP contribution is 2.44. The molecule has 4 rings (SSSR count). The number of aliphatic carboxylic acids is 1. The number of allylic oxidation sites excluding steroid dienone is 2. The van der Waals surface area contributed by atoms with Crippen molar-refractivity contribution in [3.8, 4) is 0 Å². The molecule has 1 aromatic heterocycles. The molecule has 0 radical (unpaired) electrons. The van der Waals surface area contributed by atoms with Crippen molar-refractivity contribution in [3.63, 3.8) is 0 Å². The van der Waals surface area contributed by atoms with Crippen molar-refractivity contribution in [2.45, 2.75) is 25.8 Å². The minimum Gasteiger partial charge on any atom is -0.481 e. The normalized spacial score (nSPS) is 29.5. The fourth-order valence-electron chi connectivity index (χ4n) is 3.70. The predicted molar refractivity (Wildman–Crippen MR) is 79.8 cm³/mol. The highest BCUT2D eigenvalue weighted by atomic mass is 16.4. The Morgan fingerprint density at radius 2 is 1.95 bits per heavy atom. The van der Waals surface area contributed by atoms with Crippen LogP contribution < -0.4 is 5.32 Å². The van der Waals surface area contributed by atoms with Gasteiger partial charge in [-0.05, 0) is 31.1 Å². The molecule has 0 unspecified atom stereocenters. The molecular weight excluding hydrogens is 282 g/mol. The second-order valence-corrected chi connectivity index (χ2v) is 6.12. The number of rotatable bonds is 6. The summed E-state index contributed by atoms with van der Waals surface area (Å²) in [4.78, 5) is 27.9. The van der Waals surface area contributed by atoms with Gasteiger partial charge in [0.25, 0.3) is 0 Å². The number of aromatic nitrogens is 2. The zero-order valence-electron chi connectivity index (χ0n) is 12.4. The Morgan fingerprint density at radius 1 is 1.23 bits per heavy atom. The summed E-state index contributed by atoms with van der Waals surface area (Å²) >= 11 is 0. The monoisotopic (exact) mass is 303 g/mol. The van der Waals surface area contributed by atoms with Crippen LogP contribution in [0.1, 0.15) is 19.3 Å². The van der Waals surface area contributed by atoms with Crippen molar-refractivity contribution in [2.75, 3.05) is 6.54 Å². The van der Waals surface area contributed by atoms with E-state index < -0.39 is 17.8 Å². The lowest BCUT2D eigenvalue weighted by Crippen LogP contribution is -2.49. The summed E-state index contributed by atoms with van der Waals surface area (Å²) in [5.74, 6) is -1.88. The quantitative estimate of drug-likeness (QED) is 0.613. The number of carboxylic acid groups (broad SMARTS) is 1. The van der Waals surface area contributed by atoms with E-state index in [1.54, 1.807) is 12.5 Å². The van der Waals surface area contributed by atoms with Gasteiger partial charge in [0, 0.05) is 25.5 Å². The van der Waals surface area contributed by atoms with Gasteiger partial charge in [-0.1, -0.05) is 12.2 Å². The fourth-order valence-corrected chi connectivity index (χ4v) is 3.70. The molecule has 4 atom stereocenters. The largest absolute Gasteiger partial charge is 0.481 e. The van der Waals surface area contributed by atoms with E-state index in [1.807, 2.05) is 22.9 Å². The van der Waals surface area contributed by atoms with Gasteiger partial charge >= 0.3 is 5.97 Å². The molecule has 2 N–H and O–H groups in total. The van der Waals surface area contributed by atoms with Gasteiger partial charge in [-0.2, -0.15) is 0 Å². The topological polar surface area (TPSA) is 84.2 Å². The van der Waals surface area contributed by atoms with E-state index in [1.165, 1.54) is 0 Å². The number of hydrogen-bond donors (Lipinski definition) is 2. The third-order valence-electron chi connectivity index (χ3n) is 4.79. The third kappa shape index (κ3) is 2.91. The van der Waals surface area contributed by atoms with E-state index >= 15 is 0 Å². The maximum atomic E-state index is 12.4. The SMILES string of the molecule is O=C(NCCCn1ccnc1)[C@@H]1[C@H](C(=O)O)[C@@H]2C=C[C@H]1CC2. The van der Waals surface area contributed by atoms with Crippen molar-refractivity contribution < 1.29 is 14.7 Å². The van der Waals surface area contributed by atoms with Crippen LogP contribution in [0.25, 0.3) is 0 Å². The number of carbonyl (C=O) groups is 2. The molecule has 0 aromatic carbocycles. The van der Waals surface area contributed by atoms with E-state index in [0.717, 1.165) is 25.8 Å². The molecule has 22 heavy (non-hydrogen) atoms. The van der Waals surface area contributed by atoms with Crippen LogP contribution in [0.4, 0.5) is 0 Å². The van der Waals surface area contributed by atoms with Crippen LogP contribution >= 0.6 is 0 Å². The van der Waals surface area contributed by atoms with Crippen molar-refractivity contribution in [2.24, 2.45) is 23.7 Å². The summed E-state index contributed by atoms with van der Waals surface area (Å²) in [5, 5.41) is 12.4. The molecule has 3 aliphatic carbocycles. The van der Waals surface area contributed by atoms with E-state index in [-0.39, 0.29) is 17.7 Å². The first-order chi connectivity index (χ1) is 10.7. The molecule has 0 spiro atoms. The number of hydrogen-bond acceptors (Lipinski definition) is 3. The number of carbonyl (C=O) groups excluding carboxylic acids is 1. The minimum atomic E-state index is -0.849. The summed E-state index contributed by atoms with van der Waals surface area (Å²) < 4.78 is 1.96. The first kappa shape index (κ1) is 14.8. The summed E-state index contributed by atoms with van der Waals surface area (Å²) in [6, 6.07) is 0. The van der Waals surface area contributed by atoms with Crippen LogP contribution in [0, 0.1) is 23.7 Å². The average Bonchev–Trinajstić information content (AvgIpc) is 3.04. The minimum absolute atomic E-state index is 0.00389. The number of fused-ring (bicyclic) bond motifs is 2. The van der Waals surface area contributed by atoms with Gasteiger partial charge < -0.3 is 15.0 Å². The van der Waals surface area contributed by atoms with E-state index in [2.05, 4.69) is 10.3 Å². The van der Waals surface area contributed by atoms with E-state index in [4.69, 9.17) is 0 Å². The molecule has 2 bridgehead atoms. The Kier molecular flexibility index (Phi) is 4.27. The molecule has 6 heteroatoms. The van der Waals surface area contributed by atoms with Gasteiger partial charge in [0.1, 0.15) is 0 Å². The molecule has 0 saturated heterocycles. The van der Waals surface area contributed by atoms with Crippen LogP contribution in [0.2, 0.25) is 0 Å². The second kappa shape index (κ2) is 6.34. The Bertz CT molecular complexity index is 567. The summed E-state index contributed by atoms with van der Waals surface area (Å²) in [6.45, 7) is 1.35. The predicted octanol–water partition coefficient (Wildman–Crippen LogP) is 1.30. The first-order valence-corrected chi connectivity index (χ1v) is 7.81. The molecule has 1 amide bonds. The fraction of sp³-hybridized carbons (Fsp3) is 0.562. The zero-order valence-corrected chi connectivity index (χ0v) is 12.4. The Balaban J connectivity index is 1.54. The number of imidazole rings is 1. The number of nitrogens with zero attached hydrogens (tertiary/aromatic N) is 2. The highest BCUT2D eigenvalue weighted by molar-refractivity contribution is 5.86. The van der Waals surface area contributed by atoms with Crippen LogP contribution in [0.3, 0.4) is 0 Å². The summed E-state index contributed by atoms with van der Waals surface area (Å²) in [5.41, 5.74) is 0. The Morgan fingerprint density at radius 3 is 2.55 bits per heavy atom. The number of aryl methyl sites for hydroxylation is 1. The lowest BCUT2D eigenvalue weighted by Gasteiger charge is -2.41. The Labute approximate surface area is 129 Å². The van der Waals surface area contributed by atoms with Crippen molar-refractivity contribution in [1.29, 1.82) is 0 Å². The van der Waals surface area contributed by atoms with Crippen LogP contribution in [-0.2, 0) is 16.1 Å². The average molecular weight is 303 g/mol. The maximum Gasteiger partial charge on any atom is 0.307 e. The molecular formula is C16H21N3O3. The second-order valence-electron chi connectivity index (χ2n) is 6.12. The van der Waals surface area contributed by atoms with Crippen LogP contribution in [-0.4, -0.2) is 33.1 Å². The van der Waals surface area contributed by atoms with Gasteiger partial charge in [-0.25, -0.2) is 4.98 Å². The molecule has 6 nitrogen and oxygen atoms in total. The molecule has 1 aromatic rings. The van der Waals surface area contributed by atoms with Gasteiger partial charge in [-0.15, -0.1) is 0 Å². The molecule has 1 heterocycles. The van der Waals surface area contributed by atoms with E-state index in [0.29, 0.717) is 6.54 Å². The number of amides is 1. The molecule has 3 aliphatic rings. The standard InChI is InChI=1S/C16H21N3O3/c20-15(18-6-1-8-19-9-7-17-10-19)13-11-2-4-12(5-3-11)14(13)16(21)22/h2,4,7,9-14H,1,3,5-6,8H2,(H,18,20)(H,21,22)/t11-,12+,13-,14+/m0/s1. The summed E-state index contributed by atoms with van der Waals surface area (Å²) in [7, 11) is 0. The van der Waals surface area contributed by atoms with Crippen LogP contribution in [0.15, 0.2) is 30.9 Å².